The summed E-state index contributed by atoms with van der Waals surface area (Å²) in [6.45, 7) is 7.69. The second kappa shape index (κ2) is 13.7. The fourth-order valence-corrected chi connectivity index (χ4v) is 2.35. The van der Waals surface area contributed by atoms with E-state index in [-0.39, 0.29) is 26.2 Å². The van der Waals surface area contributed by atoms with E-state index in [2.05, 4.69) is 44.6 Å². The molecule has 2 amide bonds. The van der Waals surface area contributed by atoms with E-state index in [1.54, 1.807) is 0 Å². The summed E-state index contributed by atoms with van der Waals surface area (Å²) in [5.41, 5.74) is -3.02. The van der Waals surface area contributed by atoms with Crippen molar-refractivity contribution in [1.29, 1.82) is 0 Å². The molecule has 15 heteroatoms. The van der Waals surface area contributed by atoms with Crippen molar-refractivity contribution >= 4 is 18.3 Å². The van der Waals surface area contributed by atoms with Crippen LogP contribution in [0.5, 0.6) is 0 Å². The van der Waals surface area contributed by atoms with Crippen molar-refractivity contribution in [3.05, 3.63) is 70.0 Å². The van der Waals surface area contributed by atoms with Crippen LogP contribution in [0.25, 0.3) is 0 Å². The van der Waals surface area contributed by atoms with Crippen molar-refractivity contribution in [3.8, 4) is 0 Å². The molecule has 15 nitrogen and oxygen atoms in total. The second-order valence-electron chi connectivity index (χ2n) is 5.68. The number of aromatic nitrogens is 3. The molecule has 1 aromatic rings. The molecule has 0 unspecified atom stereocenters. The summed E-state index contributed by atoms with van der Waals surface area (Å²) in [6, 6.07) is 0. The summed E-state index contributed by atoms with van der Waals surface area (Å²) >= 11 is 0. The highest BCUT2D eigenvalue weighted by molar-refractivity contribution is 5.67. The first-order valence-corrected chi connectivity index (χ1v) is 9.26. The zero-order valence-electron chi connectivity index (χ0n) is 17.5. The van der Waals surface area contributed by atoms with Gasteiger partial charge in [0, 0.05) is 26.2 Å². The molecule has 180 valence electrons. The van der Waals surface area contributed by atoms with Crippen molar-refractivity contribution < 1.29 is 33.3 Å². The van der Waals surface area contributed by atoms with Gasteiger partial charge >= 0.3 is 35.4 Å². The lowest BCUT2D eigenvalue weighted by atomic mass is 10.5. The highest BCUT2D eigenvalue weighted by Gasteiger charge is 2.16. The minimum Gasteiger partial charge on any atom is -0.432 e. The number of nitrogens with one attached hydrogen (secondary N) is 2. The lowest BCUT2D eigenvalue weighted by molar-refractivity contribution is 0.0809. The smallest absolute Gasteiger partial charge is 0.432 e. The van der Waals surface area contributed by atoms with Crippen LogP contribution in [0.1, 0.15) is 0 Å². The largest absolute Gasteiger partial charge is 0.513 e. The number of hydrogen-bond donors (Lipinski definition) is 2. The highest BCUT2D eigenvalue weighted by atomic mass is 16.7. The normalized spacial score (nSPS) is 9.82. The van der Waals surface area contributed by atoms with Gasteiger partial charge in [-0.2, -0.15) is 0 Å². The van der Waals surface area contributed by atoms with Crippen LogP contribution in [-0.2, 0) is 38.6 Å². The van der Waals surface area contributed by atoms with Gasteiger partial charge in [-0.1, -0.05) is 19.7 Å². The second-order valence-corrected chi connectivity index (χ2v) is 5.68. The molecular weight excluding hydrogens is 446 g/mol. The van der Waals surface area contributed by atoms with Gasteiger partial charge in [-0.15, -0.1) is 0 Å². The molecule has 0 aliphatic rings. The Morgan fingerprint density at radius 1 is 0.697 bits per heavy atom. The molecule has 0 atom stereocenters. The number of carbonyl (C=O) groups is 3. The predicted octanol–water partition coefficient (Wildman–Crippen LogP) is -0.792. The Morgan fingerprint density at radius 3 is 1.48 bits per heavy atom. The molecule has 0 aliphatic carbocycles. The summed E-state index contributed by atoms with van der Waals surface area (Å²) in [4.78, 5) is 72.1. The number of alkyl carbamates (subject to hydrolysis) is 2. The maximum Gasteiger partial charge on any atom is 0.513 e. The lowest BCUT2D eigenvalue weighted by Crippen LogP contribution is -2.56. The SMILES string of the molecule is C=COC(=O)NCCn1c(=O)n(CCNC(=O)OC=C)c(=O)n(CCOC(=O)OC=C)c1=O. The summed E-state index contributed by atoms with van der Waals surface area (Å²) < 4.78 is 20.0. The molecule has 0 spiro atoms. The topological polar surface area (TPSA) is 178 Å². The number of ether oxygens (including phenoxy) is 4. The van der Waals surface area contributed by atoms with Gasteiger partial charge in [-0.05, 0) is 0 Å². The van der Waals surface area contributed by atoms with Gasteiger partial charge in [0.05, 0.1) is 25.3 Å². The van der Waals surface area contributed by atoms with Crippen molar-refractivity contribution in [2.75, 3.05) is 19.7 Å². The molecule has 1 aromatic heterocycles. The van der Waals surface area contributed by atoms with E-state index in [4.69, 9.17) is 4.74 Å². The standard InChI is InChI=1S/C18H23N5O10/c1-4-30-13(24)19-7-9-21-15(26)22(10-8-20-14(25)31-5-2)17(28)23(16(21)27)11-12-33-18(29)32-6-3/h4-6H,1-3,7-12H2,(H,19,24)(H,20,25). The van der Waals surface area contributed by atoms with Gasteiger partial charge in [-0.3, -0.25) is 0 Å². The molecule has 0 aliphatic heterocycles. The average molecular weight is 469 g/mol. The predicted molar refractivity (Wildman–Crippen MR) is 111 cm³/mol. The number of carbonyl (C=O) groups excluding carboxylic acids is 3. The molecule has 0 bridgehead atoms. The molecule has 0 saturated heterocycles. The third-order valence-corrected chi connectivity index (χ3v) is 3.69. The molecule has 1 rings (SSSR count). The first-order valence-electron chi connectivity index (χ1n) is 9.26. The Labute approximate surface area is 186 Å². The van der Waals surface area contributed by atoms with Crippen molar-refractivity contribution in [2.45, 2.75) is 19.6 Å². The molecule has 0 aromatic carbocycles. The summed E-state index contributed by atoms with van der Waals surface area (Å²) in [6.07, 6.45) is -0.249. The fraction of sp³-hybridized carbons (Fsp3) is 0.333. The minimum atomic E-state index is -1.11. The molecule has 2 N–H and O–H groups in total. The zero-order valence-corrected chi connectivity index (χ0v) is 17.5. The van der Waals surface area contributed by atoms with Crippen molar-refractivity contribution in [3.63, 3.8) is 0 Å². The molecule has 0 radical (unpaired) electrons. The third-order valence-electron chi connectivity index (χ3n) is 3.69. The van der Waals surface area contributed by atoms with E-state index >= 15 is 0 Å². The van der Waals surface area contributed by atoms with Gasteiger partial charge < -0.3 is 29.6 Å². The van der Waals surface area contributed by atoms with Crippen LogP contribution in [0.2, 0.25) is 0 Å². The Hall–Kier alpha value is -4.56. The van der Waals surface area contributed by atoms with Gasteiger partial charge in [0.15, 0.2) is 0 Å². The van der Waals surface area contributed by atoms with Crippen molar-refractivity contribution in [1.82, 2.24) is 24.3 Å². The Bertz CT molecular complexity index is 904. The van der Waals surface area contributed by atoms with E-state index in [0.717, 1.165) is 18.8 Å². The minimum absolute atomic E-state index is 0.202. The Morgan fingerprint density at radius 2 is 1.09 bits per heavy atom. The lowest BCUT2D eigenvalue weighted by Gasteiger charge is -2.14. The molecule has 0 fully saturated rings. The first-order chi connectivity index (χ1) is 15.8. The fourth-order valence-electron chi connectivity index (χ4n) is 2.35. The van der Waals surface area contributed by atoms with E-state index in [1.807, 2.05) is 0 Å². The molecule has 1 heterocycles. The Kier molecular flexibility index (Phi) is 11.0. The summed E-state index contributed by atoms with van der Waals surface area (Å²) in [5.74, 6) is 0. The number of hydrogen-bond acceptors (Lipinski definition) is 10. The van der Waals surface area contributed by atoms with Gasteiger partial charge in [0.2, 0.25) is 0 Å². The molecule has 0 saturated carbocycles. The van der Waals surface area contributed by atoms with Crippen molar-refractivity contribution in [2.24, 2.45) is 0 Å². The van der Waals surface area contributed by atoms with Crippen LogP contribution in [0, 0.1) is 0 Å². The summed E-state index contributed by atoms with van der Waals surface area (Å²) in [5, 5.41) is 4.56. The van der Waals surface area contributed by atoms with Crippen LogP contribution in [0.4, 0.5) is 14.4 Å². The number of nitrogens with zero attached hydrogens (tertiary/aromatic N) is 3. The quantitative estimate of drug-likeness (QED) is 0.224. The van der Waals surface area contributed by atoms with Gasteiger partial charge in [0.1, 0.15) is 6.61 Å². The first kappa shape index (κ1) is 26.5. The van der Waals surface area contributed by atoms with E-state index < -0.39 is 48.6 Å². The maximum absolute atomic E-state index is 12.7. The van der Waals surface area contributed by atoms with Crippen LogP contribution < -0.4 is 27.7 Å². The van der Waals surface area contributed by atoms with Crippen LogP contribution in [0.3, 0.4) is 0 Å². The molecule has 33 heavy (non-hydrogen) atoms. The third kappa shape index (κ3) is 8.23. The maximum atomic E-state index is 12.7. The van der Waals surface area contributed by atoms with Gasteiger partial charge in [0.25, 0.3) is 0 Å². The van der Waals surface area contributed by atoms with E-state index in [0.29, 0.717) is 13.7 Å². The zero-order chi connectivity index (χ0) is 24.8. The van der Waals surface area contributed by atoms with E-state index in [9.17, 15) is 28.8 Å². The Balaban J connectivity index is 3.16. The number of amides is 2. The monoisotopic (exact) mass is 469 g/mol. The number of rotatable bonds is 12. The van der Waals surface area contributed by atoms with E-state index in [1.165, 1.54) is 0 Å². The van der Waals surface area contributed by atoms with Crippen LogP contribution in [0.15, 0.2) is 52.9 Å². The average Bonchev–Trinajstić information content (AvgIpc) is 2.76. The highest BCUT2D eigenvalue weighted by Crippen LogP contribution is 1.87. The van der Waals surface area contributed by atoms with Gasteiger partial charge in [-0.25, -0.2) is 42.5 Å². The summed E-state index contributed by atoms with van der Waals surface area (Å²) in [7, 11) is 0. The van der Waals surface area contributed by atoms with Crippen LogP contribution in [-0.4, -0.2) is 51.7 Å². The van der Waals surface area contributed by atoms with Crippen LogP contribution >= 0.6 is 0 Å². The molecular formula is C18H23N5O10.